The van der Waals surface area contributed by atoms with Gasteiger partial charge in [0.15, 0.2) is 0 Å². The summed E-state index contributed by atoms with van der Waals surface area (Å²) in [7, 11) is 0. The summed E-state index contributed by atoms with van der Waals surface area (Å²) >= 11 is 6.02. The molecule has 0 atom stereocenters. The summed E-state index contributed by atoms with van der Waals surface area (Å²) in [5.41, 5.74) is 1.94. The maximum Gasteiger partial charge on any atom is 0.335 e. The van der Waals surface area contributed by atoms with Crippen LogP contribution < -0.4 is 5.32 Å². The van der Waals surface area contributed by atoms with E-state index in [0.29, 0.717) is 17.3 Å². The monoisotopic (exact) mass is 287 g/mol. The van der Waals surface area contributed by atoms with Crippen molar-refractivity contribution in [3.05, 3.63) is 70.8 Å². The van der Waals surface area contributed by atoms with Crippen molar-refractivity contribution in [3.63, 3.8) is 0 Å². The third-order valence-corrected chi connectivity index (χ3v) is 3.06. The van der Waals surface area contributed by atoms with Crippen molar-refractivity contribution in [3.8, 4) is 0 Å². The van der Waals surface area contributed by atoms with E-state index in [9.17, 15) is 4.79 Å². The molecule has 0 aliphatic rings. The number of carboxylic acids is 1. The van der Waals surface area contributed by atoms with Gasteiger partial charge in [-0.05, 0) is 23.8 Å². The Balaban J connectivity index is 1.99. The molecule has 0 amide bonds. The van der Waals surface area contributed by atoms with Crippen LogP contribution in [0.4, 0.5) is 5.69 Å². The van der Waals surface area contributed by atoms with E-state index in [2.05, 4.69) is 5.32 Å². The van der Waals surface area contributed by atoms with Crippen LogP contribution in [-0.4, -0.2) is 17.6 Å². The Bertz CT molecular complexity index is 624. The van der Waals surface area contributed by atoms with Crippen LogP contribution in [0.5, 0.6) is 0 Å². The molecule has 0 saturated heterocycles. The molecule has 2 aromatic rings. The first-order valence-corrected chi connectivity index (χ1v) is 6.53. The lowest BCUT2D eigenvalue weighted by atomic mass is 10.2. The molecule has 0 unspecified atom stereocenters. The Kier molecular flexibility index (Phi) is 4.80. The molecule has 20 heavy (non-hydrogen) atoms. The molecule has 4 heteroatoms. The normalized spacial score (nSPS) is 10.7. The number of anilines is 1. The van der Waals surface area contributed by atoms with Crippen LogP contribution in [0, 0.1) is 0 Å². The quantitative estimate of drug-likeness (QED) is 0.868. The Hall–Kier alpha value is -2.26. The van der Waals surface area contributed by atoms with E-state index in [1.165, 1.54) is 12.1 Å². The number of carboxylic acid groups (broad SMARTS) is 1. The van der Waals surface area contributed by atoms with Crippen molar-refractivity contribution in [2.75, 3.05) is 11.9 Å². The van der Waals surface area contributed by atoms with Gasteiger partial charge in [-0.25, -0.2) is 4.79 Å². The molecule has 0 saturated carbocycles. The van der Waals surface area contributed by atoms with Crippen molar-refractivity contribution in [2.24, 2.45) is 0 Å². The molecule has 0 spiro atoms. The van der Waals surface area contributed by atoms with E-state index < -0.39 is 5.97 Å². The average Bonchev–Trinajstić information content (AvgIpc) is 2.46. The number of halogens is 1. The fourth-order valence-electron chi connectivity index (χ4n) is 1.72. The Morgan fingerprint density at radius 1 is 1.20 bits per heavy atom. The Morgan fingerprint density at radius 2 is 1.95 bits per heavy atom. The summed E-state index contributed by atoms with van der Waals surface area (Å²) in [5, 5.41) is 12.5. The van der Waals surface area contributed by atoms with Crippen LogP contribution in [0.15, 0.2) is 54.6 Å². The smallest absolute Gasteiger partial charge is 0.335 e. The highest BCUT2D eigenvalue weighted by atomic mass is 35.5. The van der Waals surface area contributed by atoms with Crippen LogP contribution in [0.2, 0.25) is 5.02 Å². The summed E-state index contributed by atoms with van der Waals surface area (Å²) < 4.78 is 0. The van der Waals surface area contributed by atoms with E-state index in [1.54, 1.807) is 6.07 Å². The standard InChI is InChI=1S/C16H14ClNO2/c17-14-9-8-13(16(19)20)11-15(14)18-10-4-7-12-5-2-1-3-6-12/h1-9,11,18H,10H2,(H,19,20)/b7-4+. The first kappa shape index (κ1) is 14.2. The number of hydrogen-bond donors (Lipinski definition) is 2. The molecule has 2 aromatic carbocycles. The van der Waals surface area contributed by atoms with Crippen molar-refractivity contribution < 1.29 is 9.90 Å². The van der Waals surface area contributed by atoms with Gasteiger partial charge in [0.1, 0.15) is 0 Å². The number of benzene rings is 2. The lowest BCUT2D eigenvalue weighted by molar-refractivity contribution is 0.0697. The van der Waals surface area contributed by atoms with Gasteiger partial charge in [-0.15, -0.1) is 0 Å². The fourth-order valence-corrected chi connectivity index (χ4v) is 1.91. The minimum Gasteiger partial charge on any atom is -0.478 e. The summed E-state index contributed by atoms with van der Waals surface area (Å²) in [6.07, 6.45) is 3.95. The van der Waals surface area contributed by atoms with Gasteiger partial charge in [0.05, 0.1) is 16.3 Å². The molecule has 0 fully saturated rings. The van der Waals surface area contributed by atoms with Crippen LogP contribution in [0.25, 0.3) is 6.08 Å². The van der Waals surface area contributed by atoms with Gasteiger partial charge >= 0.3 is 5.97 Å². The Labute approximate surface area is 122 Å². The maximum absolute atomic E-state index is 10.9. The maximum atomic E-state index is 10.9. The van der Waals surface area contributed by atoms with E-state index in [0.717, 1.165) is 5.56 Å². The summed E-state index contributed by atoms with van der Waals surface area (Å²) in [5.74, 6) is -0.968. The van der Waals surface area contributed by atoms with Crippen LogP contribution >= 0.6 is 11.6 Å². The molecule has 2 rings (SSSR count). The predicted molar refractivity (Wildman–Crippen MR) is 82.4 cm³/mol. The number of carbonyl (C=O) groups is 1. The van der Waals surface area contributed by atoms with E-state index in [4.69, 9.17) is 16.7 Å². The van der Waals surface area contributed by atoms with Crippen molar-refractivity contribution >= 4 is 29.3 Å². The molecule has 0 radical (unpaired) electrons. The van der Waals surface area contributed by atoms with E-state index in [-0.39, 0.29) is 5.56 Å². The van der Waals surface area contributed by atoms with Gasteiger partial charge in [-0.2, -0.15) is 0 Å². The highest BCUT2D eigenvalue weighted by Crippen LogP contribution is 2.22. The zero-order chi connectivity index (χ0) is 14.4. The first-order chi connectivity index (χ1) is 9.66. The minimum absolute atomic E-state index is 0.212. The minimum atomic E-state index is -0.968. The molecular formula is C16H14ClNO2. The van der Waals surface area contributed by atoms with Gasteiger partial charge in [-0.1, -0.05) is 54.1 Å². The number of rotatable bonds is 5. The molecule has 0 aliphatic heterocycles. The van der Waals surface area contributed by atoms with Gasteiger partial charge in [0, 0.05) is 6.54 Å². The highest BCUT2D eigenvalue weighted by molar-refractivity contribution is 6.33. The summed E-state index contributed by atoms with van der Waals surface area (Å²) in [6.45, 7) is 0.567. The van der Waals surface area contributed by atoms with E-state index in [1.807, 2.05) is 42.5 Å². The third-order valence-electron chi connectivity index (χ3n) is 2.73. The third kappa shape index (κ3) is 3.87. The Morgan fingerprint density at radius 3 is 2.65 bits per heavy atom. The predicted octanol–water partition coefficient (Wildman–Crippen LogP) is 4.16. The molecule has 0 bridgehead atoms. The fraction of sp³-hybridized carbons (Fsp3) is 0.0625. The second kappa shape index (κ2) is 6.78. The van der Waals surface area contributed by atoms with Crippen LogP contribution in [-0.2, 0) is 0 Å². The SMILES string of the molecule is O=C(O)c1ccc(Cl)c(NC/C=C/c2ccccc2)c1. The van der Waals surface area contributed by atoms with Crippen molar-refractivity contribution in [1.82, 2.24) is 0 Å². The highest BCUT2D eigenvalue weighted by Gasteiger charge is 2.06. The van der Waals surface area contributed by atoms with Crippen molar-refractivity contribution in [2.45, 2.75) is 0 Å². The van der Waals surface area contributed by atoms with Crippen LogP contribution in [0.1, 0.15) is 15.9 Å². The zero-order valence-electron chi connectivity index (χ0n) is 10.7. The molecule has 2 N–H and O–H groups in total. The van der Waals surface area contributed by atoms with Gasteiger partial charge in [-0.3, -0.25) is 0 Å². The van der Waals surface area contributed by atoms with Gasteiger partial charge in [0.25, 0.3) is 0 Å². The summed E-state index contributed by atoms with van der Waals surface area (Å²) in [4.78, 5) is 10.9. The summed E-state index contributed by atoms with van der Waals surface area (Å²) in [6, 6.07) is 14.5. The topological polar surface area (TPSA) is 49.3 Å². The lowest BCUT2D eigenvalue weighted by Crippen LogP contribution is -2.02. The van der Waals surface area contributed by atoms with Crippen LogP contribution in [0.3, 0.4) is 0 Å². The number of aromatic carboxylic acids is 1. The molecule has 0 aliphatic carbocycles. The molecular weight excluding hydrogens is 274 g/mol. The lowest BCUT2D eigenvalue weighted by Gasteiger charge is -2.07. The number of hydrogen-bond acceptors (Lipinski definition) is 2. The largest absolute Gasteiger partial charge is 0.478 e. The molecule has 0 heterocycles. The number of nitrogens with one attached hydrogen (secondary N) is 1. The molecule has 3 nitrogen and oxygen atoms in total. The van der Waals surface area contributed by atoms with Gasteiger partial charge in [0.2, 0.25) is 0 Å². The second-order valence-corrected chi connectivity index (χ2v) is 4.60. The first-order valence-electron chi connectivity index (χ1n) is 6.15. The van der Waals surface area contributed by atoms with Crippen molar-refractivity contribution in [1.29, 1.82) is 0 Å². The molecule has 0 aromatic heterocycles. The van der Waals surface area contributed by atoms with E-state index >= 15 is 0 Å². The molecule has 102 valence electrons. The zero-order valence-corrected chi connectivity index (χ0v) is 11.5. The van der Waals surface area contributed by atoms with Gasteiger partial charge < -0.3 is 10.4 Å². The average molecular weight is 288 g/mol. The second-order valence-electron chi connectivity index (χ2n) is 4.19.